The monoisotopic (exact) mass is 157 g/mol. The number of rotatable bonds is 5. The van der Waals surface area contributed by atoms with Crippen LogP contribution in [0.1, 0.15) is 27.2 Å². The fraction of sp³-hybridized carbons (Fsp3) is 0.889. The number of nitrogens with one attached hydrogen (secondary N) is 1. The molecule has 0 saturated heterocycles. The SMILES string of the molecule is CNCC(C)CC(C)C(C)=O. The van der Waals surface area contributed by atoms with Gasteiger partial charge in [0.15, 0.2) is 0 Å². The number of carbonyl (C=O) groups excluding carboxylic acids is 1. The molecular formula is C9H19NO. The highest BCUT2D eigenvalue weighted by Gasteiger charge is 2.11. The van der Waals surface area contributed by atoms with Crippen molar-refractivity contribution in [1.82, 2.24) is 5.32 Å². The average Bonchev–Trinajstić information content (AvgIpc) is 1.87. The lowest BCUT2D eigenvalue weighted by Gasteiger charge is -2.13. The maximum absolute atomic E-state index is 10.9. The number of hydrogen-bond donors (Lipinski definition) is 1. The molecule has 11 heavy (non-hydrogen) atoms. The van der Waals surface area contributed by atoms with Crippen LogP contribution in [0.15, 0.2) is 0 Å². The fourth-order valence-corrected chi connectivity index (χ4v) is 1.20. The summed E-state index contributed by atoms with van der Waals surface area (Å²) in [6.45, 7) is 6.82. The van der Waals surface area contributed by atoms with Crippen LogP contribution in [0.3, 0.4) is 0 Å². The molecule has 0 aliphatic heterocycles. The van der Waals surface area contributed by atoms with Gasteiger partial charge in [-0.15, -0.1) is 0 Å². The molecule has 2 unspecified atom stereocenters. The van der Waals surface area contributed by atoms with E-state index in [1.165, 1.54) is 0 Å². The largest absolute Gasteiger partial charge is 0.319 e. The number of hydrogen-bond acceptors (Lipinski definition) is 2. The highest BCUT2D eigenvalue weighted by Crippen LogP contribution is 2.11. The van der Waals surface area contributed by atoms with E-state index in [2.05, 4.69) is 12.2 Å². The van der Waals surface area contributed by atoms with Crippen LogP contribution in [0.5, 0.6) is 0 Å². The second-order valence-electron chi connectivity index (χ2n) is 3.41. The second-order valence-corrected chi connectivity index (χ2v) is 3.41. The Morgan fingerprint density at radius 1 is 1.45 bits per heavy atom. The molecule has 0 aromatic carbocycles. The van der Waals surface area contributed by atoms with Gasteiger partial charge in [-0.25, -0.2) is 0 Å². The molecule has 66 valence electrons. The average molecular weight is 157 g/mol. The van der Waals surface area contributed by atoms with E-state index in [1.54, 1.807) is 6.92 Å². The van der Waals surface area contributed by atoms with E-state index < -0.39 is 0 Å². The van der Waals surface area contributed by atoms with E-state index in [-0.39, 0.29) is 5.92 Å². The first kappa shape index (κ1) is 10.6. The van der Waals surface area contributed by atoms with Gasteiger partial charge in [0.05, 0.1) is 0 Å². The van der Waals surface area contributed by atoms with Crippen molar-refractivity contribution in [2.45, 2.75) is 27.2 Å². The summed E-state index contributed by atoms with van der Waals surface area (Å²) in [5, 5.41) is 3.10. The second kappa shape index (κ2) is 5.30. The number of Topliss-reactive ketones (excluding diaryl/α,β-unsaturated/α-hetero) is 1. The summed E-state index contributed by atoms with van der Waals surface area (Å²) < 4.78 is 0. The first-order valence-electron chi connectivity index (χ1n) is 4.23. The van der Waals surface area contributed by atoms with Crippen molar-refractivity contribution in [2.24, 2.45) is 11.8 Å². The molecule has 0 aliphatic rings. The van der Waals surface area contributed by atoms with E-state index in [4.69, 9.17) is 0 Å². The fourth-order valence-electron chi connectivity index (χ4n) is 1.20. The first-order chi connectivity index (χ1) is 5.07. The summed E-state index contributed by atoms with van der Waals surface area (Å²) >= 11 is 0. The molecule has 0 bridgehead atoms. The van der Waals surface area contributed by atoms with Crippen LogP contribution < -0.4 is 5.32 Å². The summed E-state index contributed by atoms with van der Waals surface area (Å²) in [5.74, 6) is 1.12. The van der Waals surface area contributed by atoms with Gasteiger partial charge in [-0.1, -0.05) is 13.8 Å². The van der Waals surface area contributed by atoms with Gasteiger partial charge < -0.3 is 5.32 Å². The number of carbonyl (C=O) groups is 1. The Bertz CT molecular complexity index is 123. The van der Waals surface area contributed by atoms with Gasteiger partial charge in [-0.2, -0.15) is 0 Å². The highest BCUT2D eigenvalue weighted by molar-refractivity contribution is 5.77. The van der Waals surface area contributed by atoms with Crippen LogP contribution in [-0.2, 0) is 4.79 Å². The van der Waals surface area contributed by atoms with Crippen LogP contribution in [0.4, 0.5) is 0 Å². The Balaban J connectivity index is 3.56. The van der Waals surface area contributed by atoms with Gasteiger partial charge in [0.25, 0.3) is 0 Å². The van der Waals surface area contributed by atoms with Gasteiger partial charge in [0, 0.05) is 5.92 Å². The molecule has 1 N–H and O–H groups in total. The lowest BCUT2D eigenvalue weighted by Crippen LogP contribution is -2.20. The summed E-state index contributed by atoms with van der Waals surface area (Å²) in [5.41, 5.74) is 0. The zero-order valence-electron chi connectivity index (χ0n) is 7.98. The van der Waals surface area contributed by atoms with E-state index >= 15 is 0 Å². The topological polar surface area (TPSA) is 29.1 Å². The minimum Gasteiger partial charge on any atom is -0.319 e. The predicted octanol–water partition coefficient (Wildman–Crippen LogP) is 1.46. The molecule has 2 heteroatoms. The third-order valence-corrected chi connectivity index (χ3v) is 2.00. The van der Waals surface area contributed by atoms with E-state index in [0.29, 0.717) is 11.7 Å². The quantitative estimate of drug-likeness (QED) is 0.654. The van der Waals surface area contributed by atoms with Crippen LogP contribution >= 0.6 is 0 Å². The Morgan fingerprint density at radius 3 is 2.36 bits per heavy atom. The Kier molecular flexibility index (Phi) is 5.12. The molecule has 2 nitrogen and oxygen atoms in total. The molecule has 0 fully saturated rings. The van der Waals surface area contributed by atoms with Crippen LogP contribution in [0, 0.1) is 11.8 Å². The standard InChI is InChI=1S/C9H19NO/c1-7(6-10-4)5-8(2)9(3)11/h7-8,10H,5-6H2,1-4H3. The van der Waals surface area contributed by atoms with Crippen molar-refractivity contribution in [3.8, 4) is 0 Å². The lowest BCUT2D eigenvalue weighted by molar-refractivity contribution is -0.120. The van der Waals surface area contributed by atoms with Gasteiger partial charge >= 0.3 is 0 Å². The molecule has 0 radical (unpaired) electrons. The molecule has 0 heterocycles. The zero-order valence-corrected chi connectivity index (χ0v) is 7.98. The van der Waals surface area contributed by atoms with Crippen LogP contribution in [0.2, 0.25) is 0 Å². The molecule has 0 amide bonds. The molecule has 2 atom stereocenters. The molecule has 0 rings (SSSR count). The van der Waals surface area contributed by atoms with Gasteiger partial charge in [-0.05, 0) is 32.9 Å². The first-order valence-corrected chi connectivity index (χ1v) is 4.23. The summed E-state index contributed by atoms with van der Waals surface area (Å²) in [6.07, 6.45) is 0.996. The van der Waals surface area contributed by atoms with Crippen molar-refractivity contribution in [1.29, 1.82) is 0 Å². The van der Waals surface area contributed by atoms with Crippen molar-refractivity contribution in [3.63, 3.8) is 0 Å². The Labute approximate surface area is 69.4 Å². The maximum Gasteiger partial charge on any atom is 0.132 e. The third kappa shape index (κ3) is 4.96. The molecule has 0 aliphatic carbocycles. The summed E-state index contributed by atoms with van der Waals surface area (Å²) in [4.78, 5) is 10.9. The molecule has 0 aromatic heterocycles. The number of ketones is 1. The van der Waals surface area contributed by atoms with Crippen molar-refractivity contribution >= 4 is 5.78 Å². The van der Waals surface area contributed by atoms with Crippen molar-refractivity contribution in [3.05, 3.63) is 0 Å². The lowest BCUT2D eigenvalue weighted by atomic mass is 9.95. The predicted molar refractivity (Wildman–Crippen MR) is 47.6 cm³/mol. The molecule has 0 spiro atoms. The maximum atomic E-state index is 10.9. The van der Waals surface area contributed by atoms with Crippen LogP contribution in [0.25, 0.3) is 0 Å². The highest BCUT2D eigenvalue weighted by atomic mass is 16.1. The molecule has 0 saturated carbocycles. The van der Waals surface area contributed by atoms with E-state index in [0.717, 1.165) is 13.0 Å². The Morgan fingerprint density at radius 2 is 2.00 bits per heavy atom. The van der Waals surface area contributed by atoms with Crippen LogP contribution in [-0.4, -0.2) is 19.4 Å². The van der Waals surface area contributed by atoms with Crippen molar-refractivity contribution < 1.29 is 4.79 Å². The third-order valence-electron chi connectivity index (χ3n) is 2.00. The minimum atomic E-state index is 0.221. The minimum absolute atomic E-state index is 0.221. The van der Waals surface area contributed by atoms with Crippen molar-refractivity contribution in [2.75, 3.05) is 13.6 Å². The van der Waals surface area contributed by atoms with Gasteiger partial charge in [-0.3, -0.25) is 4.79 Å². The zero-order chi connectivity index (χ0) is 8.85. The summed E-state index contributed by atoms with van der Waals surface area (Å²) in [6, 6.07) is 0. The van der Waals surface area contributed by atoms with Gasteiger partial charge in [0.2, 0.25) is 0 Å². The Hall–Kier alpha value is -0.370. The smallest absolute Gasteiger partial charge is 0.132 e. The molecule has 0 aromatic rings. The summed E-state index contributed by atoms with van der Waals surface area (Å²) in [7, 11) is 1.94. The van der Waals surface area contributed by atoms with E-state index in [1.807, 2.05) is 14.0 Å². The van der Waals surface area contributed by atoms with E-state index in [9.17, 15) is 4.79 Å². The van der Waals surface area contributed by atoms with Gasteiger partial charge in [0.1, 0.15) is 5.78 Å². The normalized spacial score (nSPS) is 16.0. The molecular weight excluding hydrogens is 138 g/mol.